The van der Waals surface area contributed by atoms with E-state index in [1.165, 1.54) is 12.8 Å². The summed E-state index contributed by atoms with van der Waals surface area (Å²) in [5, 5.41) is 6.05. The molecule has 20 heavy (non-hydrogen) atoms. The zero-order valence-electron chi connectivity index (χ0n) is 11.7. The molecule has 1 aromatic rings. The van der Waals surface area contributed by atoms with Crippen LogP contribution in [-0.4, -0.2) is 24.6 Å². The number of nitrogens with one attached hydrogen (secondary N) is 2. The van der Waals surface area contributed by atoms with Crippen molar-refractivity contribution in [3.8, 4) is 18.1 Å². The van der Waals surface area contributed by atoms with Gasteiger partial charge in [-0.2, -0.15) is 0 Å². The Hall–Kier alpha value is -1.99. The van der Waals surface area contributed by atoms with Crippen molar-refractivity contribution < 1.29 is 9.53 Å². The number of hydrogen-bond acceptors (Lipinski definition) is 3. The largest absolute Gasteiger partial charge is 0.481 e. The lowest BCUT2D eigenvalue weighted by molar-refractivity contribution is -0.126. The molecule has 0 bridgehead atoms. The van der Waals surface area contributed by atoms with E-state index in [4.69, 9.17) is 11.2 Å². The summed E-state index contributed by atoms with van der Waals surface area (Å²) in [6, 6.07) is 8.47. The Bertz CT molecular complexity index is 503. The molecule has 1 aliphatic carbocycles. The Morgan fingerprint density at radius 2 is 2.35 bits per heavy atom. The number of carbonyl (C=O) groups is 1. The third kappa shape index (κ3) is 4.60. The van der Waals surface area contributed by atoms with Crippen LogP contribution in [-0.2, 0) is 11.3 Å². The molecular formula is C16H20N2O2. The van der Waals surface area contributed by atoms with E-state index < -0.39 is 6.10 Å². The van der Waals surface area contributed by atoms with Gasteiger partial charge in [0, 0.05) is 12.6 Å². The molecule has 1 atom stereocenters. The van der Waals surface area contributed by atoms with Gasteiger partial charge in [0.1, 0.15) is 5.75 Å². The van der Waals surface area contributed by atoms with Crippen LogP contribution < -0.4 is 15.4 Å². The molecule has 0 aliphatic heterocycles. The molecule has 1 aliphatic rings. The quantitative estimate of drug-likeness (QED) is 0.739. The lowest BCUT2D eigenvalue weighted by Crippen LogP contribution is -2.36. The summed E-state index contributed by atoms with van der Waals surface area (Å²) in [7, 11) is 0. The zero-order valence-corrected chi connectivity index (χ0v) is 11.7. The van der Waals surface area contributed by atoms with Crippen molar-refractivity contribution in [2.45, 2.75) is 38.5 Å². The van der Waals surface area contributed by atoms with E-state index in [-0.39, 0.29) is 12.5 Å². The molecular weight excluding hydrogens is 252 g/mol. The molecule has 0 heterocycles. The van der Waals surface area contributed by atoms with Gasteiger partial charge in [-0.1, -0.05) is 18.1 Å². The minimum absolute atomic E-state index is 0.204. The number of benzene rings is 1. The maximum Gasteiger partial charge on any atom is 0.261 e. The van der Waals surface area contributed by atoms with Crippen molar-refractivity contribution >= 4 is 5.91 Å². The van der Waals surface area contributed by atoms with Crippen LogP contribution in [0.25, 0.3) is 0 Å². The normalized spacial score (nSPS) is 15.2. The maximum absolute atomic E-state index is 11.7. The average Bonchev–Trinajstić information content (AvgIpc) is 3.27. The van der Waals surface area contributed by atoms with Gasteiger partial charge in [-0.3, -0.25) is 4.79 Å². The van der Waals surface area contributed by atoms with Gasteiger partial charge < -0.3 is 15.4 Å². The van der Waals surface area contributed by atoms with Crippen LogP contribution in [0.5, 0.6) is 5.75 Å². The van der Waals surface area contributed by atoms with Crippen molar-refractivity contribution in [1.29, 1.82) is 0 Å². The zero-order chi connectivity index (χ0) is 14.4. The standard InChI is InChI=1S/C16H20N2O2/c1-3-9-17-16(19)12(2)20-15-6-4-5-13(10-15)11-18-14-7-8-14/h1,4-6,10,12,14,18H,7-9,11H2,2H3,(H,17,19). The van der Waals surface area contributed by atoms with Crippen LogP contribution >= 0.6 is 0 Å². The second-order valence-electron chi connectivity index (χ2n) is 4.98. The number of hydrogen-bond donors (Lipinski definition) is 2. The second kappa shape index (κ2) is 6.97. The Kier molecular flexibility index (Phi) is 5.03. The number of rotatable bonds is 7. The van der Waals surface area contributed by atoms with E-state index in [2.05, 4.69) is 16.6 Å². The van der Waals surface area contributed by atoms with Crippen molar-refractivity contribution in [3.63, 3.8) is 0 Å². The first kappa shape index (κ1) is 14.4. The molecule has 1 aromatic carbocycles. The summed E-state index contributed by atoms with van der Waals surface area (Å²) in [6.07, 6.45) is 7.07. The molecule has 0 aromatic heterocycles. The number of terminal acetylenes is 1. The Morgan fingerprint density at radius 1 is 1.55 bits per heavy atom. The van der Waals surface area contributed by atoms with E-state index in [1.807, 2.05) is 24.3 Å². The molecule has 4 heteroatoms. The van der Waals surface area contributed by atoms with Crippen molar-refractivity contribution in [3.05, 3.63) is 29.8 Å². The van der Waals surface area contributed by atoms with Crippen LogP contribution in [0, 0.1) is 12.3 Å². The molecule has 0 saturated heterocycles. The first-order valence-electron chi connectivity index (χ1n) is 6.89. The predicted molar refractivity (Wildman–Crippen MR) is 78.2 cm³/mol. The highest BCUT2D eigenvalue weighted by atomic mass is 16.5. The van der Waals surface area contributed by atoms with Crippen LogP contribution in [0.15, 0.2) is 24.3 Å². The van der Waals surface area contributed by atoms with E-state index in [0.29, 0.717) is 11.8 Å². The molecule has 0 radical (unpaired) electrons. The summed E-state index contributed by atoms with van der Waals surface area (Å²) < 4.78 is 5.63. The van der Waals surface area contributed by atoms with Crippen LogP contribution in [0.1, 0.15) is 25.3 Å². The fourth-order valence-electron chi connectivity index (χ4n) is 1.82. The minimum atomic E-state index is -0.560. The smallest absolute Gasteiger partial charge is 0.261 e. The average molecular weight is 272 g/mol. The molecule has 2 N–H and O–H groups in total. The molecule has 2 rings (SSSR count). The van der Waals surface area contributed by atoms with Gasteiger partial charge in [-0.25, -0.2) is 0 Å². The predicted octanol–water partition coefficient (Wildman–Crippen LogP) is 1.46. The Labute approximate surface area is 119 Å². The lowest BCUT2D eigenvalue weighted by Gasteiger charge is -2.14. The van der Waals surface area contributed by atoms with Gasteiger partial charge in [-0.05, 0) is 37.5 Å². The van der Waals surface area contributed by atoms with Gasteiger partial charge in [-0.15, -0.1) is 6.42 Å². The topological polar surface area (TPSA) is 50.4 Å². The van der Waals surface area contributed by atoms with E-state index in [0.717, 1.165) is 12.1 Å². The maximum atomic E-state index is 11.7. The second-order valence-corrected chi connectivity index (χ2v) is 4.98. The highest BCUT2D eigenvalue weighted by Gasteiger charge is 2.20. The first-order valence-corrected chi connectivity index (χ1v) is 6.89. The van der Waals surface area contributed by atoms with Gasteiger partial charge in [0.05, 0.1) is 6.54 Å². The molecule has 1 amide bonds. The number of amides is 1. The van der Waals surface area contributed by atoms with Gasteiger partial charge in [0.2, 0.25) is 0 Å². The molecule has 4 nitrogen and oxygen atoms in total. The lowest BCUT2D eigenvalue weighted by atomic mass is 10.2. The monoisotopic (exact) mass is 272 g/mol. The SMILES string of the molecule is C#CCNC(=O)C(C)Oc1cccc(CNC2CC2)c1. The Balaban J connectivity index is 1.86. The van der Waals surface area contributed by atoms with Crippen molar-refractivity contribution in [2.24, 2.45) is 0 Å². The molecule has 1 saturated carbocycles. The number of ether oxygens (including phenoxy) is 1. The van der Waals surface area contributed by atoms with E-state index in [9.17, 15) is 4.79 Å². The fourth-order valence-corrected chi connectivity index (χ4v) is 1.82. The minimum Gasteiger partial charge on any atom is -0.481 e. The van der Waals surface area contributed by atoms with Crippen LogP contribution in [0.2, 0.25) is 0 Å². The summed E-state index contributed by atoms with van der Waals surface area (Å²) in [5.41, 5.74) is 1.16. The van der Waals surface area contributed by atoms with Crippen LogP contribution in [0.4, 0.5) is 0 Å². The van der Waals surface area contributed by atoms with Crippen LogP contribution in [0.3, 0.4) is 0 Å². The highest BCUT2D eigenvalue weighted by molar-refractivity contribution is 5.80. The van der Waals surface area contributed by atoms with Gasteiger partial charge in [0.25, 0.3) is 5.91 Å². The third-order valence-electron chi connectivity index (χ3n) is 3.12. The Morgan fingerprint density at radius 3 is 3.05 bits per heavy atom. The highest BCUT2D eigenvalue weighted by Crippen LogP contribution is 2.20. The third-order valence-corrected chi connectivity index (χ3v) is 3.12. The van der Waals surface area contributed by atoms with E-state index >= 15 is 0 Å². The fraction of sp³-hybridized carbons (Fsp3) is 0.438. The molecule has 0 spiro atoms. The summed E-state index contributed by atoms with van der Waals surface area (Å²) in [5.74, 6) is 2.86. The molecule has 106 valence electrons. The van der Waals surface area contributed by atoms with Gasteiger partial charge in [0.15, 0.2) is 6.10 Å². The molecule has 1 fully saturated rings. The number of carbonyl (C=O) groups excluding carboxylic acids is 1. The summed E-state index contributed by atoms with van der Waals surface area (Å²) in [4.78, 5) is 11.7. The summed E-state index contributed by atoms with van der Waals surface area (Å²) >= 11 is 0. The van der Waals surface area contributed by atoms with Gasteiger partial charge >= 0.3 is 0 Å². The molecule has 1 unspecified atom stereocenters. The van der Waals surface area contributed by atoms with Crippen molar-refractivity contribution in [2.75, 3.05) is 6.54 Å². The summed E-state index contributed by atoms with van der Waals surface area (Å²) in [6.45, 7) is 2.76. The van der Waals surface area contributed by atoms with Crippen molar-refractivity contribution in [1.82, 2.24) is 10.6 Å². The van der Waals surface area contributed by atoms with E-state index in [1.54, 1.807) is 6.92 Å². The first-order chi connectivity index (χ1) is 9.69.